The van der Waals surface area contributed by atoms with E-state index < -0.39 is 29.3 Å². The van der Waals surface area contributed by atoms with E-state index in [0.717, 1.165) is 11.5 Å². The third-order valence-electron chi connectivity index (χ3n) is 5.89. The highest BCUT2D eigenvalue weighted by molar-refractivity contribution is 6.35. The van der Waals surface area contributed by atoms with Gasteiger partial charge in [-0.1, -0.05) is 23.4 Å². The van der Waals surface area contributed by atoms with E-state index in [-0.39, 0.29) is 16.2 Å². The molecule has 9 heteroatoms. The molecule has 3 aliphatic rings. The molecular formula is C20H23ClFN2O5-. The SMILES string of the molecule is CON1CCC2(CC1)C([O-])=C(c1c(Cl)ccc(C)c1F)C(=O)N2OC1CCCO1. The minimum atomic E-state index is -1.23. The van der Waals surface area contributed by atoms with Gasteiger partial charge >= 0.3 is 0 Å². The van der Waals surface area contributed by atoms with Gasteiger partial charge in [0.2, 0.25) is 0 Å². The molecule has 0 bridgehead atoms. The van der Waals surface area contributed by atoms with Crippen molar-refractivity contribution < 1.29 is 28.7 Å². The molecule has 0 aliphatic carbocycles. The number of nitrogens with zero attached hydrogens (tertiary/aromatic N) is 2. The lowest BCUT2D eigenvalue weighted by atomic mass is 9.86. The quantitative estimate of drug-likeness (QED) is 0.736. The second-order valence-corrected chi connectivity index (χ2v) is 7.96. The fourth-order valence-corrected chi connectivity index (χ4v) is 4.43. The fraction of sp³-hybridized carbons (Fsp3) is 0.550. The lowest BCUT2D eigenvalue weighted by Gasteiger charge is -2.47. The zero-order chi connectivity index (χ0) is 20.8. The highest BCUT2D eigenvalue weighted by atomic mass is 35.5. The molecule has 3 aliphatic heterocycles. The third-order valence-corrected chi connectivity index (χ3v) is 6.20. The number of hydrogen-bond acceptors (Lipinski definition) is 6. The Bertz CT molecular complexity index is 848. The van der Waals surface area contributed by atoms with Crippen molar-refractivity contribution in [3.63, 3.8) is 0 Å². The smallest absolute Gasteiger partial charge is 0.278 e. The largest absolute Gasteiger partial charge is 0.873 e. The highest BCUT2D eigenvalue weighted by Gasteiger charge is 2.52. The van der Waals surface area contributed by atoms with E-state index in [9.17, 15) is 14.3 Å². The van der Waals surface area contributed by atoms with Crippen LogP contribution in [0.15, 0.2) is 17.9 Å². The summed E-state index contributed by atoms with van der Waals surface area (Å²) in [4.78, 5) is 24.5. The van der Waals surface area contributed by atoms with Crippen molar-refractivity contribution in [2.24, 2.45) is 0 Å². The van der Waals surface area contributed by atoms with Crippen molar-refractivity contribution >= 4 is 23.1 Å². The van der Waals surface area contributed by atoms with Gasteiger partial charge in [0.05, 0.1) is 24.3 Å². The molecule has 0 radical (unpaired) electrons. The van der Waals surface area contributed by atoms with Crippen LogP contribution >= 0.6 is 11.6 Å². The van der Waals surface area contributed by atoms with Crippen LogP contribution in [0, 0.1) is 12.7 Å². The predicted octanol–water partition coefficient (Wildman–Crippen LogP) is 2.17. The van der Waals surface area contributed by atoms with Gasteiger partial charge in [-0.3, -0.25) is 4.79 Å². The number of carbonyl (C=O) groups is 1. The summed E-state index contributed by atoms with van der Waals surface area (Å²) in [5.74, 6) is -1.82. The number of carbonyl (C=O) groups excluding carboxylic acids is 1. The number of rotatable bonds is 4. The fourth-order valence-electron chi connectivity index (χ4n) is 4.19. The van der Waals surface area contributed by atoms with Crippen LogP contribution in [0.3, 0.4) is 0 Å². The molecule has 0 N–H and O–H groups in total. The number of hydroxylamine groups is 4. The number of ether oxygens (including phenoxy) is 1. The van der Waals surface area contributed by atoms with Crippen molar-refractivity contribution in [1.29, 1.82) is 0 Å². The first kappa shape index (κ1) is 20.6. The van der Waals surface area contributed by atoms with Crippen molar-refractivity contribution in [3.8, 4) is 0 Å². The lowest BCUT2D eigenvalue weighted by Crippen LogP contribution is -2.57. The van der Waals surface area contributed by atoms with Crippen molar-refractivity contribution in [2.75, 3.05) is 26.8 Å². The molecule has 1 atom stereocenters. The average Bonchev–Trinajstić information content (AvgIpc) is 3.30. The molecule has 1 amide bonds. The van der Waals surface area contributed by atoms with Crippen LogP contribution in [0.4, 0.5) is 4.39 Å². The highest BCUT2D eigenvalue weighted by Crippen LogP contribution is 2.46. The molecule has 2 saturated heterocycles. The average molecular weight is 426 g/mol. The standard InChI is InChI=1S/C20H24ClFN2O5/c1-12-5-6-13(21)15(17(12)22)16-18(25)20(7-9-23(27-2)10-8-20)24(19(16)26)29-14-4-3-11-28-14/h5-6,14,25H,3-4,7-11H2,1-2H3/p-1. The van der Waals surface area contributed by atoms with Gasteiger partial charge in [-0.25, -0.2) is 14.3 Å². The zero-order valence-corrected chi connectivity index (χ0v) is 17.1. The number of aryl methyl sites for hydroxylation is 1. The van der Waals surface area contributed by atoms with E-state index in [1.165, 1.54) is 12.1 Å². The summed E-state index contributed by atoms with van der Waals surface area (Å²) in [5, 5.41) is 16.4. The Kier molecular flexibility index (Phi) is 5.56. The molecule has 4 rings (SSSR count). The van der Waals surface area contributed by atoms with Crippen LogP contribution in [-0.4, -0.2) is 54.7 Å². The topological polar surface area (TPSA) is 74.3 Å². The van der Waals surface area contributed by atoms with Gasteiger partial charge in [0.25, 0.3) is 5.91 Å². The van der Waals surface area contributed by atoms with E-state index in [2.05, 4.69) is 0 Å². The second-order valence-electron chi connectivity index (χ2n) is 7.55. The summed E-state index contributed by atoms with van der Waals surface area (Å²) in [5.41, 5.74) is -1.35. The number of benzene rings is 1. The van der Waals surface area contributed by atoms with Gasteiger partial charge in [0, 0.05) is 30.6 Å². The van der Waals surface area contributed by atoms with Gasteiger partial charge in [0.15, 0.2) is 6.29 Å². The normalized spacial score (nSPS) is 24.9. The Morgan fingerprint density at radius 3 is 2.69 bits per heavy atom. The number of halogens is 2. The monoisotopic (exact) mass is 425 g/mol. The molecule has 2 fully saturated rings. The van der Waals surface area contributed by atoms with E-state index >= 15 is 0 Å². The molecule has 1 aromatic rings. The Balaban J connectivity index is 1.79. The molecule has 0 saturated carbocycles. The Morgan fingerprint density at radius 1 is 1.34 bits per heavy atom. The summed E-state index contributed by atoms with van der Waals surface area (Å²) in [6.45, 7) is 2.95. The molecular weight excluding hydrogens is 403 g/mol. The summed E-state index contributed by atoms with van der Waals surface area (Å²) < 4.78 is 20.5. The Hall–Kier alpha value is -1.71. The summed E-state index contributed by atoms with van der Waals surface area (Å²) >= 11 is 6.23. The van der Waals surface area contributed by atoms with Crippen molar-refractivity contribution in [2.45, 2.75) is 44.4 Å². The van der Waals surface area contributed by atoms with Crippen LogP contribution in [0.1, 0.15) is 36.8 Å². The molecule has 1 spiro atoms. The van der Waals surface area contributed by atoms with E-state index in [1.807, 2.05) is 0 Å². The molecule has 29 heavy (non-hydrogen) atoms. The van der Waals surface area contributed by atoms with Crippen LogP contribution in [0.2, 0.25) is 5.02 Å². The van der Waals surface area contributed by atoms with Gasteiger partial charge in [-0.2, -0.15) is 5.06 Å². The first-order valence-corrected chi connectivity index (χ1v) is 10.1. The minimum Gasteiger partial charge on any atom is -0.873 e. The minimum absolute atomic E-state index is 0.0215. The third kappa shape index (κ3) is 3.33. The van der Waals surface area contributed by atoms with Gasteiger partial charge in [-0.05, 0) is 37.8 Å². The maximum absolute atomic E-state index is 14.9. The van der Waals surface area contributed by atoms with E-state index in [4.69, 9.17) is 26.0 Å². The maximum atomic E-state index is 14.9. The zero-order valence-electron chi connectivity index (χ0n) is 16.4. The van der Waals surface area contributed by atoms with E-state index in [0.29, 0.717) is 44.5 Å². The lowest BCUT2D eigenvalue weighted by molar-refractivity contribution is -0.355. The summed E-state index contributed by atoms with van der Waals surface area (Å²) in [7, 11) is 1.56. The molecule has 158 valence electrons. The molecule has 1 unspecified atom stereocenters. The van der Waals surface area contributed by atoms with Gasteiger partial charge in [0.1, 0.15) is 5.82 Å². The second kappa shape index (κ2) is 7.85. The van der Waals surface area contributed by atoms with Gasteiger partial charge in [-0.15, -0.1) is 0 Å². The van der Waals surface area contributed by atoms with Crippen LogP contribution in [0.5, 0.6) is 0 Å². The Morgan fingerprint density at radius 2 is 2.07 bits per heavy atom. The van der Waals surface area contributed by atoms with Crippen molar-refractivity contribution in [1.82, 2.24) is 10.1 Å². The van der Waals surface area contributed by atoms with Gasteiger partial charge < -0.3 is 14.7 Å². The van der Waals surface area contributed by atoms with E-state index in [1.54, 1.807) is 19.1 Å². The summed E-state index contributed by atoms with van der Waals surface area (Å²) in [6, 6.07) is 3.01. The maximum Gasteiger partial charge on any atom is 0.278 e. The predicted molar refractivity (Wildman–Crippen MR) is 101 cm³/mol. The number of hydrogen-bond donors (Lipinski definition) is 0. The molecule has 7 nitrogen and oxygen atoms in total. The molecule has 0 aromatic heterocycles. The summed E-state index contributed by atoms with van der Waals surface area (Å²) in [6.07, 6.45) is 1.41. The Labute approximate surface area is 173 Å². The van der Waals surface area contributed by atoms with Crippen LogP contribution in [0.25, 0.3) is 5.57 Å². The first-order valence-electron chi connectivity index (χ1n) is 9.68. The molecule has 3 heterocycles. The number of amides is 1. The van der Waals surface area contributed by atoms with Crippen molar-refractivity contribution in [3.05, 3.63) is 39.9 Å². The van der Waals surface area contributed by atoms with Crippen LogP contribution in [-0.2, 0) is 19.2 Å². The first-order chi connectivity index (χ1) is 13.9. The number of piperidine rings is 1. The molecule has 1 aromatic carbocycles. The van der Waals surface area contributed by atoms with Crippen LogP contribution < -0.4 is 5.11 Å².